The zero-order chi connectivity index (χ0) is 11.4. The van der Waals surface area contributed by atoms with Crippen LogP contribution >= 0.6 is 0 Å². The SMILES string of the molecule is Oc1cc2c(c3c4c(ccc13)CCO4)CCN2. The van der Waals surface area contributed by atoms with Crippen LogP contribution in [0, 0.1) is 0 Å². The van der Waals surface area contributed by atoms with Crippen LogP contribution in [0.1, 0.15) is 11.1 Å². The number of hydrogen-bond acceptors (Lipinski definition) is 3. The number of ether oxygens (including phenoxy) is 1. The molecule has 0 radical (unpaired) electrons. The molecule has 0 bridgehead atoms. The molecule has 0 atom stereocenters. The number of phenolic OH excluding ortho intramolecular Hbond substituents is 1. The molecular weight excluding hydrogens is 214 g/mol. The van der Waals surface area contributed by atoms with E-state index in [9.17, 15) is 5.11 Å². The van der Waals surface area contributed by atoms with E-state index in [2.05, 4.69) is 11.4 Å². The Kier molecular flexibility index (Phi) is 1.65. The fraction of sp³-hybridized carbons (Fsp3) is 0.286. The molecule has 2 heterocycles. The highest BCUT2D eigenvalue weighted by atomic mass is 16.5. The smallest absolute Gasteiger partial charge is 0.130 e. The molecule has 0 aromatic heterocycles. The first-order chi connectivity index (χ1) is 8.34. The van der Waals surface area contributed by atoms with Crippen molar-refractivity contribution in [2.24, 2.45) is 0 Å². The van der Waals surface area contributed by atoms with Crippen LogP contribution in [0.4, 0.5) is 5.69 Å². The maximum Gasteiger partial charge on any atom is 0.130 e. The molecule has 0 spiro atoms. The van der Waals surface area contributed by atoms with E-state index in [1.54, 1.807) is 0 Å². The van der Waals surface area contributed by atoms with Gasteiger partial charge in [0, 0.05) is 35.5 Å². The third-order valence-electron chi connectivity index (χ3n) is 3.73. The summed E-state index contributed by atoms with van der Waals surface area (Å²) >= 11 is 0. The first-order valence-corrected chi connectivity index (χ1v) is 6.02. The van der Waals surface area contributed by atoms with Crippen LogP contribution in [-0.2, 0) is 12.8 Å². The molecule has 0 saturated carbocycles. The van der Waals surface area contributed by atoms with Gasteiger partial charge in [-0.2, -0.15) is 0 Å². The Labute approximate surface area is 99.0 Å². The fourth-order valence-corrected chi connectivity index (χ4v) is 2.94. The highest BCUT2D eigenvalue weighted by Crippen LogP contribution is 2.44. The Morgan fingerprint density at radius 1 is 1.24 bits per heavy atom. The predicted octanol–water partition coefficient (Wildman–Crippen LogP) is 2.45. The Bertz CT molecular complexity index is 626. The maximum atomic E-state index is 10.1. The lowest BCUT2D eigenvalue weighted by Gasteiger charge is -2.11. The molecule has 2 aliphatic heterocycles. The van der Waals surface area contributed by atoms with Gasteiger partial charge in [-0.1, -0.05) is 12.1 Å². The van der Waals surface area contributed by atoms with Crippen molar-refractivity contribution in [3.63, 3.8) is 0 Å². The van der Waals surface area contributed by atoms with E-state index in [1.165, 1.54) is 11.1 Å². The van der Waals surface area contributed by atoms with Crippen molar-refractivity contribution < 1.29 is 9.84 Å². The third kappa shape index (κ3) is 1.11. The minimum absolute atomic E-state index is 0.339. The number of anilines is 1. The number of rotatable bonds is 0. The van der Waals surface area contributed by atoms with E-state index < -0.39 is 0 Å². The largest absolute Gasteiger partial charge is 0.507 e. The van der Waals surface area contributed by atoms with Gasteiger partial charge in [0.1, 0.15) is 11.5 Å². The predicted molar refractivity (Wildman–Crippen MR) is 67.0 cm³/mol. The van der Waals surface area contributed by atoms with Crippen LogP contribution in [-0.4, -0.2) is 18.3 Å². The van der Waals surface area contributed by atoms with Gasteiger partial charge in [0.05, 0.1) is 6.61 Å². The summed E-state index contributed by atoms with van der Waals surface area (Å²) in [5, 5.41) is 15.4. The first kappa shape index (κ1) is 9.16. The Morgan fingerprint density at radius 3 is 3.12 bits per heavy atom. The summed E-state index contributed by atoms with van der Waals surface area (Å²) in [6.45, 7) is 1.70. The number of fused-ring (bicyclic) bond motifs is 5. The van der Waals surface area contributed by atoms with Crippen LogP contribution in [0.25, 0.3) is 10.8 Å². The van der Waals surface area contributed by atoms with Gasteiger partial charge >= 0.3 is 0 Å². The number of phenols is 1. The zero-order valence-electron chi connectivity index (χ0n) is 9.42. The first-order valence-electron chi connectivity index (χ1n) is 6.02. The maximum absolute atomic E-state index is 10.1. The molecule has 3 nitrogen and oxygen atoms in total. The molecule has 2 aromatic carbocycles. The standard InChI is InChI=1S/C14H13NO2/c16-12-7-11-9(3-5-15-11)13-10(12)2-1-8-4-6-17-14(8)13/h1-2,7,15-16H,3-6H2. The monoisotopic (exact) mass is 227 g/mol. The summed E-state index contributed by atoms with van der Waals surface area (Å²) in [4.78, 5) is 0. The van der Waals surface area contributed by atoms with Gasteiger partial charge in [0.2, 0.25) is 0 Å². The average molecular weight is 227 g/mol. The summed E-state index contributed by atoms with van der Waals surface area (Å²) < 4.78 is 5.75. The second kappa shape index (κ2) is 3.06. The molecule has 0 amide bonds. The summed E-state index contributed by atoms with van der Waals surface area (Å²) in [5.41, 5.74) is 3.60. The van der Waals surface area contributed by atoms with E-state index in [0.717, 1.165) is 48.2 Å². The molecule has 0 saturated heterocycles. The van der Waals surface area contributed by atoms with Gasteiger partial charge < -0.3 is 15.2 Å². The van der Waals surface area contributed by atoms with Crippen molar-refractivity contribution in [1.82, 2.24) is 0 Å². The highest BCUT2D eigenvalue weighted by molar-refractivity contribution is 6.00. The lowest BCUT2D eigenvalue weighted by atomic mass is 9.98. The molecule has 3 heteroatoms. The van der Waals surface area contributed by atoms with Crippen molar-refractivity contribution in [2.45, 2.75) is 12.8 Å². The lowest BCUT2D eigenvalue weighted by Crippen LogP contribution is -1.90. The number of nitrogens with one attached hydrogen (secondary N) is 1. The number of hydrogen-bond donors (Lipinski definition) is 2. The minimum atomic E-state index is 0.339. The summed E-state index contributed by atoms with van der Waals surface area (Å²) in [5.74, 6) is 1.32. The van der Waals surface area contributed by atoms with Crippen LogP contribution in [0.3, 0.4) is 0 Å². The van der Waals surface area contributed by atoms with Crippen LogP contribution in [0.15, 0.2) is 18.2 Å². The third-order valence-corrected chi connectivity index (χ3v) is 3.73. The van der Waals surface area contributed by atoms with Crippen molar-refractivity contribution in [3.05, 3.63) is 29.3 Å². The van der Waals surface area contributed by atoms with E-state index in [-0.39, 0.29) is 0 Å². The van der Waals surface area contributed by atoms with Crippen LogP contribution in [0.2, 0.25) is 0 Å². The minimum Gasteiger partial charge on any atom is -0.507 e. The molecule has 4 rings (SSSR count). The molecule has 86 valence electrons. The van der Waals surface area contributed by atoms with Crippen molar-refractivity contribution in [1.29, 1.82) is 0 Å². The summed E-state index contributed by atoms with van der Waals surface area (Å²) in [6, 6.07) is 5.90. The second-order valence-electron chi connectivity index (χ2n) is 4.67. The van der Waals surface area contributed by atoms with E-state index in [4.69, 9.17) is 4.74 Å². The van der Waals surface area contributed by atoms with Gasteiger partial charge in [-0.25, -0.2) is 0 Å². The van der Waals surface area contributed by atoms with Crippen molar-refractivity contribution >= 4 is 16.5 Å². The van der Waals surface area contributed by atoms with Gasteiger partial charge in [-0.05, 0) is 17.5 Å². The molecule has 17 heavy (non-hydrogen) atoms. The molecule has 2 aromatic rings. The average Bonchev–Trinajstić information content (AvgIpc) is 2.95. The Balaban J connectivity index is 2.19. The topological polar surface area (TPSA) is 41.5 Å². The molecular formula is C14H13NO2. The highest BCUT2D eigenvalue weighted by Gasteiger charge is 2.23. The normalized spacial score (nSPS) is 16.5. The van der Waals surface area contributed by atoms with Crippen LogP contribution < -0.4 is 10.1 Å². The molecule has 0 aliphatic carbocycles. The molecule has 2 aliphatic rings. The van der Waals surface area contributed by atoms with Crippen molar-refractivity contribution in [3.8, 4) is 11.5 Å². The number of benzene rings is 2. The van der Waals surface area contributed by atoms with Gasteiger partial charge in [-0.3, -0.25) is 0 Å². The van der Waals surface area contributed by atoms with E-state index in [0.29, 0.717) is 5.75 Å². The van der Waals surface area contributed by atoms with Crippen LogP contribution in [0.5, 0.6) is 11.5 Å². The van der Waals surface area contributed by atoms with Gasteiger partial charge in [0.15, 0.2) is 0 Å². The number of aromatic hydroxyl groups is 1. The zero-order valence-corrected chi connectivity index (χ0v) is 9.42. The van der Waals surface area contributed by atoms with E-state index in [1.807, 2.05) is 12.1 Å². The summed E-state index contributed by atoms with van der Waals surface area (Å²) in [6.07, 6.45) is 1.98. The molecule has 2 N–H and O–H groups in total. The summed E-state index contributed by atoms with van der Waals surface area (Å²) in [7, 11) is 0. The van der Waals surface area contributed by atoms with E-state index >= 15 is 0 Å². The second-order valence-corrected chi connectivity index (χ2v) is 4.67. The Morgan fingerprint density at radius 2 is 2.18 bits per heavy atom. The van der Waals surface area contributed by atoms with Gasteiger partial charge in [0.25, 0.3) is 0 Å². The molecule has 0 fully saturated rings. The Hall–Kier alpha value is -1.90. The lowest BCUT2D eigenvalue weighted by molar-refractivity contribution is 0.360. The van der Waals surface area contributed by atoms with Crippen molar-refractivity contribution in [2.75, 3.05) is 18.5 Å². The molecule has 0 unspecified atom stereocenters. The quantitative estimate of drug-likeness (QED) is 0.726. The fourth-order valence-electron chi connectivity index (χ4n) is 2.94. The van der Waals surface area contributed by atoms with Gasteiger partial charge in [-0.15, -0.1) is 0 Å².